The summed E-state index contributed by atoms with van der Waals surface area (Å²) in [5.41, 5.74) is 5.33. The smallest absolute Gasteiger partial charge is 0.240 e. The van der Waals surface area contributed by atoms with E-state index in [0.717, 1.165) is 0 Å². The van der Waals surface area contributed by atoms with Crippen LogP contribution < -0.4 is 15.2 Å². The number of nitrogens with one attached hydrogen (secondary N) is 1. The first kappa shape index (κ1) is 15.2. The van der Waals surface area contributed by atoms with Crippen LogP contribution >= 0.6 is 0 Å². The lowest BCUT2D eigenvalue weighted by molar-refractivity contribution is 0.0236. The second-order valence-electron chi connectivity index (χ2n) is 4.76. The highest BCUT2D eigenvalue weighted by molar-refractivity contribution is 7.89. The monoisotopic (exact) mass is 300 g/mol. The lowest BCUT2D eigenvalue weighted by Crippen LogP contribution is -2.47. The van der Waals surface area contributed by atoms with Gasteiger partial charge in [0.05, 0.1) is 11.0 Å². The molecule has 1 aliphatic carbocycles. The van der Waals surface area contributed by atoms with Crippen LogP contribution in [0.2, 0.25) is 0 Å². The van der Waals surface area contributed by atoms with Gasteiger partial charge in [-0.2, -0.15) is 0 Å². The molecule has 0 amide bonds. The summed E-state index contributed by atoms with van der Waals surface area (Å²) in [6.45, 7) is 0.828. The molecule has 0 spiro atoms. The van der Waals surface area contributed by atoms with E-state index in [1.165, 1.54) is 12.1 Å². The van der Waals surface area contributed by atoms with E-state index in [9.17, 15) is 8.42 Å². The van der Waals surface area contributed by atoms with E-state index in [4.69, 9.17) is 15.2 Å². The SMILES string of the molecule is COC1CC(NS(=O)(=O)c2ccc(OCCN)cc2)C1. The fraction of sp³-hybridized carbons (Fsp3) is 0.538. The van der Waals surface area contributed by atoms with Crippen molar-refractivity contribution in [3.63, 3.8) is 0 Å². The molecule has 1 aromatic carbocycles. The quantitative estimate of drug-likeness (QED) is 0.764. The summed E-state index contributed by atoms with van der Waals surface area (Å²) in [5, 5.41) is 0. The molecule has 1 aromatic rings. The van der Waals surface area contributed by atoms with Crippen LogP contribution in [0.5, 0.6) is 5.75 Å². The first-order valence-corrected chi connectivity index (χ1v) is 8.01. The number of hydrogen-bond donors (Lipinski definition) is 2. The molecule has 2 rings (SSSR count). The van der Waals surface area contributed by atoms with Crippen LogP contribution in [0.4, 0.5) is 0 Å². The minimum Gasteiger partial charge on any atom is -0.492 e. The Hall–Kier alpha value is -1.15. The van der Waals surface area contributed by atoms with E-state index in [1.807, 2.05) is 0 Å². The van der Waals surface area contributed by atoms with E-state index >= 15 is 0 Å². The molecule has 0 aliphatic heterocycles. The van der Waals surface area contributed by atoms with Crippen LogP contribution in [0, 0.1) is 0 Å². The Morgan fingerprint density at radius 2 is 1.95 bits per heavy atom. The van der Waals surface area contributed by atoms with E-state index in [0.29, 0.717) is 31.7 Å². The van der Waals surface area contributed by atoms with E-state index in [-0.39, 0.29) is 17.0 Å². The second-order valence-corrected chi connectivity index (χ2v) is 6.47. The molecule has 0 aromatic heterocycles. The first-order chi connectivity index (χ1) is 9.55. The number of nitrogens with two attached hydrogens (primary N) is 1. The standard InChI is InChI=1S/C13H20N2O4S/c1-18-12-8-10(9-12)15-20(16,17)13-4-2-11(3-5-13)19-7-6-14/h2-5,10,12,15H,6-9,14H2,1H3. The van der Waals surface area contributed by atoms with Gasteiger partial charge in [0, 0.05) is 19.7 Å². The van der Waals surface area contributed by atoms with Crippen LogP contribution in [0.1, 0.15) is 12.8 Å². The predicted octanol–water partition coefficient (Wildman–Crippen LogP) is 0.480. The number of hydrogen-bond acceptors (Lipinski definition) is 5. The summed E-state index contributed by atoms with van der Waals surface area (Å²) in [4.78, 5) is 0.235. The van der Waals surface area contributed by atoms with E-state index in [1.54, 1.807) is 19.2 Å². The molecule has 1 fully saturated rings. The number of sulfonamides is 1. The molecule has 20 heavy (non-hydrogen) atoms. The number of rotatable bonds is 7. The Bertz CT molecular complexity index is 524. The van der Waals surface area contributed by atoms with Crippen molar-refractivity contribution in [1.82, 2.24) is 4.72 Å². The van der Waals surface area contributed by atoms with Gasteiger partial charge in [-0.05, 0) is 37.1 Å². The highest BCUT2D eigenvalue weighted by atomic mass is 32.2. The van der Waals surface area contributed by atoms with Gasteiger partial charge in [-0.25, -0.2) is 13.1 Å². The molecular weight excluding hydrogens is 280 g/mol. The van der Waals surface area contributed by atoms with E-state index in [2.05, 4.69) is 4.72 Å². The highest BCUT2D eigenvalue weighted by Crippen LogP contribution is 2.25. The highest BCUT2D eigenvalue weighted by Gasteiger charge is 2.32. The largest absolute Gasteiger partial charge is 0.492 e. The fourth-order valence-corrected chi connectivity index (χ4v) is 3.30. The average molecular weight is 300 g/mol. The van der Waals surface area contributed by atoms with Crippen molar-refractivity contribution < 1.29 is 17.9 Å². The Balaban J connectivity index is 1.95. The van der Waals surface area contributed by atoms with Gasteiger partial charge in [0.25, 0.3) is 0 Å². The number of methoxy groups -OCH3 is 1. The zero-order chi connectivity index (χ0) is 14.6. The maximum Gasteiger partial charge on any atom is 0.240 e. The Morgan fingerprint density at radius 3 is 2.50 bits per heavy atom. The minimum atomic E-state index is -3.48. The number of benzene rings is 1. The lowest BCUT2D eigenvalue weighted by atomic mass is 9.90. The molecule has 0 saturated heterocycles. The van der Waals surface area contributed by atoms with Gasteiger partial charge < -0.3 is 15.2 Å². The summed E-state index contributed by atoms with van der Waals surface area (Å²) in [5.74, 6) is 0.609. The summed E-state index contributed by atoms with van der Waals surface area (Å²) in [6, 6.07) is 6.27. The fourth-order valence-electron chi connectivity index (χ4n) is 2.03. The van der Waals surface area contributed by atoms with Gasteiger partial charge in [-0.3, -0.25) is 0 Å². The van der Waals surface area contributed by atoms with Gasteiger partial charge in [0.1, 0.15) is 12.4 Å². The van der Waals surface area contributed by atoms with Crippen LogP contribution in [0.3, 0.4) is 0 Å². The molecule has 1 aliphatic rings. The van der Waals surface area contributed by atoms with Crippen molar-refractivity contribution in [2.24, 2.45) is 5.73 Å². The molecule has 7 heteroatoms. The molecule has 0 heterocycles. The average Bonchev–Trinajstić information content (AvgIpc) is 2.40. The van der Waals surface area contributed by atoms with Crippen LogP contribution in [-0.2, 0) is 14.8 Å². The summed E-state index contributed by atoms with van der Waals surface area (Å²) >= 11 is 0. The van der Waals surface area contributed by atoms with Gasteiger partial charge in [-0.15, -0.1) is 0 Å². The summed E-state index contributed by atoms with van der Waals surface area (Å²) in [6.07, 6.45) is 1.59. The number of ether oxygens (including phenoxy) is 2. The molecule has 6 nitrogen and oxygen atoms in total. The molecule has 0 unspecified atom stereocenters. The van der Waals surface area contributed by atoms with Crippen molar-refractivity contribution in [3.8, 4) is 5.75 Å². The zero-order valence-corrected chi connectivity index (χ0v) is 12.2. The lowest BCUT2D eigenvalue weighted by Gasteiger charge is -2.34. The van der Waals surface area contributed by atoms with Crippen molar-refractivity contribution in [2.45, 2.75) is 29.9 Å². The minimum absolute atomic E-state index is 0.0434. The van der Waals surface area contributed by atoms with Gasteiger partial charge in [0.15, 0.2) is 0 Å². The molecular formula is C13H20N2O4S. The predicted molar refractivity (Wildman–Crippen MR) is 75.1 cm³/mol. The Morgan fingerprint density at radius 1 is 1.30 bits per heavy atom. The molecule has 112 valence electrons. The van der Waals surface area contributed by atoms with Crippen molar-refractivity contribution in [2.75, 3.05) is 20.3 Å². The van der Waals surface area contributed by atoms with E-state index < -0.39 is 10.0 Å². The topological polar surface area (TPSA) is 90.6 Å². The van der Waals surface area contributed by atoms with Crippen molar-refractivity contribution in [1.29, 1.82) is 0 Å². The van der Waals surface area contributed by atoms with Crippen LogP contribution in [-0.4, -0.2) is 40.8 Å². The Kier molecular flexibility index (Phi) is 4.98. The van der Waals surface area contributed by atoms with Gasteiger partial charge in [-0.1, -0.05) is 0 Å². The molecule has 1 saturated carbocycles. The molecule has 0 radical (unpaired) electrons. The summed E-state index contributed by atoms with van der Waals surface area (Å²) in [7, 11) is -1.84. The normalized spacial score (nSPS) is 22.3. The van der Waals surface area contributed by atoms with Crippen LogP contribution in [0.15, 0.2) is 29.2 Å². The third-order valence-corrected chi connectivity index (χ3v) is 4.81. The molecule has 0 bridgehead atoms. The maximum absolute atomic E-state index is 12.1. The zero-order valence-electron chi connectivity index (χ0n) is 11.4. The van der Waals surface area contributed by atoms with Gasteiger partial charge >= 0.3 is 0 Å². The third kappa shape index (κ3) is 3.69. The van der Waals surface area contributed by atoms with Gasteiger partial charge in [0.2, 0.25) is 10.0 Å². The maximum atomic E-state index is 12.1. The Labute approximate surface area is 119 Å². The second kappa shape index (κ2) is 6.53. The third-order valence-electron chi connectivity index (χ3n) is 3.27. The van der Waals surface area contributed by atoms with Crippen LogP contribution in [0.25, 0.3) is 0 Å². The van der Waals surface area contributed by atoms with Crippen molar-refractivity contribution in [3.05, 3.63) is 24.3 Å². The first-order valence-electron chi connectivity index (χ1n) is 6.53. The van der Waals surface area contributed by atoms with Crippen molar-refractivity contribution >= 4 is 10.0 Å². The summed E-state index contributed by atoms with van der Waals surface area (Å²) < 4.78 is 37.4. The molecule has 0 atom stereocenters. The molecule has 3 N–H and O–H groups in total.